The van der Waals surface area contributed by atoms with Crippen molar-refractivity contribution in [3.05, 3.63) is 22.9 Å². The Labute approximate surface area is 134 Å². The molecule has 1 atom stereocenters. The Morgan fingerprint density at radius 3 is 2.52 bits per heavy atom. The summed E-state index contributed by atoms with van der Waals surface area (Å²) >= 11 is 0.483. The number of ether oxygens (including phenoxy) is 1. The smallest absolute Gasteiger partial charge is 0.417 e. The van der Waals surface area contributed by atoms with Crippen LogP contribution in [0.5, 0.6) is 0 Å². The second kappa shape index (κ2) is 7.46. The van der Waals surface area contributed by atoms with Gasteiger partial charge in [0.2, 0.25) is 0 Å². The molecule has 0 aliphatic carbocycles. The molecule has 0 aromatic carbocycles. The number of ketones is 1. The lowest BCUT2D eigenvalue weighted by atomic mass is 10.1. The summed E-state index contributed by atoms with van der Waals surface area (Å²) in [5, 5.41) is 7.34. The van der Waals surface area contributed by atoms with E-state index in [9.17, 15) is 22.8 Å². The SMILES string of the molecule is CCOC(=O)C(Sc1nc(C)cc(C(F)(F)F)c1C#N)C(C)=O. The van der Waals surface area contributed by atoms with Crippen LogP contribution in [-0.4, -0.2) is 28.6 Å². The van der Waals surface area contributed by atoms with Gasteiger partial charge in [0.1, 0.15) is 11.1 Å². The van der Waals surface area contributed by atoms with Crippen LogP contribution in [0.1, 0.15) is 30.7 Å². The van der Waals surface area contributed by atoms with E-state index in [0.717, 1.165) is 13.0 Å². The minimum Gasteiger partial charge on any atom is -0.465 e. The first-order valence-electron chi connectivity index (χ1n) is 6.44. The first kappa shape index (κ1) is 19.0. The normalized spacial score (nSPS) is 12.4. The number of thioether (sulfide) groups is 1. The van der Waals surface area contributed by atoms with E-state index in [4.69, 9.17) is 10.00 Å². The van der Waals surface area contributed by atoms with Crippen LogP contribution in [0.2, 0.25) is 0 Å². The van der Waals surface area contributed by atoms with Crippen LogP contribution in [0.25, 0.3) is 0 Å². The molecule has 0 bridgehead atoms. The Morgan fingerprint density at radius 1 is 1.48 bits per heavy atom. The molecule has 0 amide bonds. The highest BCUT2D eigenvalue weighted by Crippen LogP contribution is 2.37. The molecule has 0 saturated carbocycles. The van der Waals surface area contributed by atoms with Crippen LogP contribution in [-0.2, 0) is 20.5 Å². The molecule has 0 aliphatic rings. The van der Waals surface area contributed by atoms with Crippen molar-refractivity contribution in [3.63, 3.8) is 0 Å². The minimum atomic E-state index is -4.75. The Bertz CT molecular complexity index is 668. The third kappa shape index (κ3) is 4.69. The van der Waals surface area contributed by atoms with Crippen molar-refractivity contribution in [2.24, 2.45) is 0 Å². The van der Waals surface area contributed by atoms with Crippen molar-refractivity contribution < 1.29 is 27.5 Å². The van der Waals surface area contributed by atoms with Crippen LogP contribution in [0.15, 0.2) is 11.1 Å². The quantitative estimate of drug-likeness (QED) is 0.463. The summed E-state index contributed by atoms with van der Waals surface area (Å²) < 4.78 is 43.8. The van der Waals surface area contributed by atoms with E-state index in [2.05, 4.69) is 4.98 Å². The molecular weight excluding hydrogens is 333 g/mol. The van der Waals surface area contributed by atoms with Gasteiger partial charge in [-0.05, 0) is 26.8 Å². The van der Waals surface area contributed by atoms with E-state index < -0.39 is 34.3 Å². The zero-order chi connectivity index (χ0) is 17.8. The molecule has 23 heavy (non-hydrogen) atoms. The van der Waals surface area contributed by atoms with Crippen molar-refractivity contribution in [1.29, 1.82) is 5.26 Å². The maximum atomic E-state index is 13.0. The van der Waals surface area contributed by atoms with Crippen LogP contribution in [0.3, 0.4) is 0 Å². The third-order valence-corrected chi connectivity index (χ3v) is 3.91. The number of Topliss-reactive ketones (excluding diaryl/α,β-unsaturated/α-hetero) is 1. The number of halogens is 3. The van der Waals surface area contributed by atoms with Crippen LogP contribution < -0.4 is 0 Å². The predicted molar refractivity (Wildman–Crippen MR) is 75.7 cm³/mol. The van der Waals surface area contributed by atoms with Gasteiger partial charge in [-0.2, -0.15) is 18.4 Å². The Balaban J connectivity index is 3.37. The van der Waals surface area contributed by atoms with Crippen molar-refractivity contribution >= 4 is 23.5 Å². The fourth-order valence-corrected chi connectivity index (χ4v) is 2.71. The summed E-state index contributed by atoms with van der Waals surface area (Å²) in [6.45, 7) is 3.99. The van der Waals surface area contributed by atoms with E-state index in [0.29, 0.717) is 11.8 Å². The number of aryl methyl sites for hydroxylation is 1. The molecule has 0 radical (unpaired) electrons. The number of esters is 1. The van der Waals surface area contributed by atoms with Gasteiger partial charge in [0.25, 0.3) is 0 Å². The zero-order valence-corrected chi connectivity index (χ0v) is 13.3. The molecule has 5 nitrogen and oxygen atoms in total. The minimum absolute atomic E-state index is 0.0172. The van der Waals surface area contributed by atoms with Crippen molar-refractivity contribution in [2.75, 3.05) is 6.61 Å². The van der Waals surface area contributed by atoms with E-state index in [1.54, 1.807) is 0 Å². The number of carbonyl (C=O) groups excluding carboxylic acids is 2. The van der Waals surface area contributed by atoms with Crippen molar-refractivity contribution in [2.45, 2.75) is 37.2 Å². The number of pyridine rings is 1. The molecular formula is C14H13F3N2O3S. The van der Waals surface area contributed by atoms with E-state index in [-0.39, 0.29) is 17.3 Å². The van der Waals surface area contributed by atoms with Gasteiger partial charge in [-0.1, -0.05) is 11.8 Å². The van der Waals surface area contributed by atoms with E-state index in [1.807, 2.05) is 0 Å². The Hall–Kier alpha value is -2.08. The number of hydrogen-bond donors (Lipinski definition) is 0. The molecule has 0 aliphatic heterocycles. The first-order valence-corrected chi connectivity index (χ1v) is 7.32. The fraction of sp³-hybridized carbons (Fsp3) is 0.429. The highest BCUT2D eigenvalue weighted by molar-refractivity contribution is 8.01. The molecule has 124 valence electrons. The number of alkyl halides is 3. The maximum absolute atomic E-state index is 13.0. The average Bonchev–Trinajstić information content (AvgIpc) is 2.42. The largest absolute Gasteiger partial charge is 0.465 e. The van der Waals surface area contributed by atoms with Crippen LogP contribution in [0, 0.1) is 18.3 Å². The monoisotopic (exact) mass is 346 g/mol. The van der Waals surface area contributed by atoms with Gasteiger partial charge in [-0.15, -0.1) is 0 Å². The number of hydrogen-bond acceptors (Lipinski definition) is 6. The summed E-state index contributed by atoms with van der Waals surface area (Å²) in [6.07, 6.45) is -4.75. The summed E-state index contributed by atoms with van der Waals surface area (Å²) in [7, 11) is 0. The standard InChI is InChI=1S/C14H13F3N2O3S/c1-4-22-13(21)11(8(3)20)23-12-9(6-18)10(14(15,16)17)5-7(2)19-12/h5,11H,4H2,1-3H3. The Morgan fingerprint density at radius 2 is 2.09 bits per heavy atom. The van der Waals surface area contributed by atoms with Gasteiger partial charge in [0.05, 0.1) is 17.7 Å². The molecule has 1 unspecified atom stereocenters. The first-order chi connectivity index (χ1) is 10.6. The van der Waals surface area contributed by atoms with Gasteiger partial charge >= 0.3 is 12.1 Å². The van der Waals surface area contributed by atoms with Gasteiger partial charge in [0, 0.05) is 5.69 Å². The number of nitrogens with zero attached hydrogens (tertiary/aromatic N) is 2. The maximum Gasteiger partial charge on any atom is 0.417 e. The molecule has 0 saturated heterocycles. The fourth-order valence-electron chi connectivity index (χ4n) is 1.69. The summed E-state index contributed by atoms with van der Waals surface area (Å²) in [6, 6.07) is 2.19. The molecule has 0 N–H and O–H groups in total. The van der Waals surface area contributed by atoms with Crippen molar-refractivity contribution in [1.82, 2.24) is 4.98 Å². The average molecular weight is 346 g/mol. The predicted octanol–water partition coefficient (Wildman–Crippen LogP) is 2.89. The molecule has 1 rings (SSSR count). The Kier molecular flexibility index (Phi) is 6.15. The molecule has 1 aromatic heterocycles. The van der Waals surface area contributed by atoms with E-state index in [1.165, 1.54) is 19.9 Å². The van der Waals surface area contributed by atoms with Gasteiger partial charge < -0.3 is 4.74 Å². The van der Waals surface area contributed by atoms with E-state index >= 15 is 0 Å². The third-order valence-electron chi connectivity index (χ3n) is 2.63. The lowest BCUT2D eigenvalue weighted by Crippen LogP contribution is -2.27. The number of rotatable bonds is 5. The molecule has 0 spiro atoms. The molecule has 1 aromatic rings. The topological polar surface area (TPSA) is 80.0 Å². The van der Waals surface area contributed by atoms with Gasteiger partial charge in [0.15, 0.2) is 11.0 Å². The summed E-state index contributed by atoms with van der Waals surface area (Å²) in [4.78, 5) is 27.2. The van der Waals surface area contributed by atoms with Crippen molar-refractivity contribution in [3.8, 4) is 6.07 Å². The lowest BCUT2D eigenvalue weighted by molar-refractivity contribution is -0.144. The summed E-state index contributed by atoms with van der Waals surface area (Å²) in [5.41, 5.74) is -1.85. The summed E-state index contributed by atoms with van der Waals surface area (Å²) in [5.74, 6) is -1.49. The van der Waals surface area contributed by atoms with Crippen LogP contribution in [0.4, 0.5) is 13.2 Å². The van der Waals surface area contributed by atoms with Gasteiger partial charge in [-0.3, -0.25) is 9.59 Å². The number of nitriles is 1. The lowest BCUT2D eigenvalue weighted by Gasteiger charge is -2.15. The highest BCUT2D eigenvalue weighted by atomic mass is 32.2. The van der Waals surface area contributed by atoms with Crippen LogP contribution >= 0.6 is 11.8 Å². The number of carbonyl (C=O) groups is 2. The molecule has 0 fully saturated rings. The second-order valence-electron chi connectivity index (χ2n) is 4.46. The number of aromatic nitrogens is 1. The zero-order valence-electron chi connectivity index (χ0n) is 12.5. The highest BCUT2D eigenvalue weighted by Gasteiger charge is 2.37. The van der Waals surface area contributed by atoms with Gasteiger partial charge in [-0.25, -0.2) is 4.98 Å². The molecule has 1 heterocycles. The second-order valence-corrected chi connectivity index (χ2v) is 5.56. The molecule has 9 heteroatoms.